The van der Waals surface area contributed by atoms with Crippen LogP contribution in [-0.4, -0.2) is 38.0 Å². The van der Waals surface area contributed by atoms with Crippen molar-refractivity contribution in [2.75, 3.05) is 21.1 Å². The lowest BCUT2D eigenvalue weighted by Crippen LogP contribution is -2.38. The first kappa shape index (κ1) is 13.9. The summed E-state index contributed by atoms with van der Waals surface area (Å²) < 4.78 is 0. The Morgan fingerprint density at radius 3 is 2.37 bits per heavy atom. The van der Waals surface area contributed by atoms with Gasteiger partial charge in [0.15, 0.2) is 5.96 Å². The van der Waals surface area contributed by atoms with Crippen LogP contribution in [0.2, 0.25) is 0 Å². The molecule has 1 fully saturated rings. The van der Waals surface area contributed by atoms with E-state index in [1.54, 1.807) is 0 Å². The maximum Gasteiger partial charge on any atom is 0.191 e. The molecular formula is C15H24N4. The number of benzene rings is 1. The van der Waals surface area contributed by atoms with E-state index in [4.69, 9.17) is 0 Å². The number of aliphatic imine (C=N–C) groups is 1. The maximum absolute atomic E-state index is 4.23. The summed E-state index contributed by atoms with van der Waals surface area (Å²) in [6.45, 7) is 1.80. The fourth-order valence-electron chi connectivity index (χ4n) is 1.93. The Hall–Kier alpha value is -1.55. The topological polar surface area (TPSA) is 39.7 Å². The monoisotopic (exact) mass is 260 g/mol. The van der Waals surface area contributed by atoms with Crippen LogP contribution < -0.4 is 10.6 Å². The maximum atomic E-state index is 4.23. The molecule has 0 spiro atoms. The summed E-state index contributed by atoms with van der Waals surface area (Å²) >= 11 is 0. The van der Waals surface area contributed by atoms with Crippen LogP contribution in [-0.2, 0) is 13.1 Å². The van der Waals surface area contributed by atoms with E-state index in [1.807, 2.05) is 7.05 Å². The molecule has 104 valence electrons. The highest BCUT2D eigenvalue weighted by molar-refractivity contribution is 5.80. The lowest BCUT2D eigenvalue weighted by Gasteiger charge is -2.12. The molecule has 4 heteroatoms. The van der Waals surface area contributed by atoms with Gasteiger partial charge in [-0.15, -0.1) is 0 Å². The van der Waals surface area contributed by atoms with Crippen molar-refractivity contribution >= 4 is 5.96 Å². The summed E-state index contributed by atoms with van der Waals surface area (Å²) in [5, 5.41) is 6.73. The Kier molecular flexibility index (Phi) is 4.80. The molecule has 19 heavy (non-hydrogen) atoms. The van der Waals surface area contributed by atoms with Crippen molar-refractivity contribution in [2.45, 2.75) is 32.0 Å². The van der Waals surface area contributed by atoms with Gasteiger partial charge >= 0.3 is 0 Å². The van der Waals surface area contributed by atoms with E-state index in [1.165, 1.54) is 24.0 Å². The molecule has 0 bridgehead atoms. The van der Waals surface area contributed by atoms with E-state index in [-0.39, 0.29) is 0 Å². The van der Waals surface area contributed by atoms with Crippen LogP contribution in [0, 0.1) is 0 Å². The second-order valence-corrected chi connectivity index (χ2v) is 5.40. The van der Waals surface area contributed by atoms with Gasteiger partial charge in [0.2, 0.25) is 0 Å². The summed E-state index contributed by atoms with van der Waals surface area (Å²) in [6.07, 6.45) is 2.53. The standard InChI is InChI=1S/C15H24N4/c1-16-15(18-14-8-9-14)17-10-12-4-6-13(7-5-12)11-19(2)3/h4-7,14H,8-11H2,1-3H3,(H2,16,17,18). The molecule has 0 aliphatic heterocycles. The van der Waals surface area contributed by atoms with Crippen molar-refractivity contribution in [3.63, 3.8) is 0 Å². The Bertz CT molecular complexity index is 418. The predicted octanol–water partition coefficient (Wildman–Crippen LogP) is 1.58. The predicted molar refractivity (Wildman–Crippen MR) is 80.2 cm³/mol. The van der Waals surface area contributed by atoms with E-state index in [0.717, 1.165) is 19.0 Å². The Balaban J connectivity index is 1.81. The molecule has 0 atom stereocenters. The van der Waals surface area contributed by atoms with Crippen molar-refractivity contribution in [3.05, 3.63) is 35.4 Å². The first-order valence-electron chi connectivity index (χ1n) is 6.87. The van der Waals surface area contributed by atoms with Crippen LogP contribution in [0.5, 0.6) is 0 Å². The summed E-state index contributed by atoms with van der Waals surface area (Å²) in [4.78, 5) is 6.40. The average Bonchev–Trinajstić information content (AvgIpc) is 3.19. The summed E-state index contributed by atoms with van der Waals surface area (Å²) in [6, 6.07) is 9.36. The van der Waals surface area contributed by atoms with Gasteiger partial charge in [-0.2, -0.15) is 0 Å². The van der Waals surface area contributed by atoms with E-state index in [0.29, 0.717) is 6.04 Å². The lowest BCUT2D eigenvalue weighted by atomic mass is 10.1. The molecule has 1 saturated carbocycles. The van der Waals surface area contributed by atoms with E-state index in [9.17, 15) is 0 Å². The smallest absolute Gasteiger partial charge is 0.191 e. The molecule has 1 aromatic rings. The van der Waals surface area contributed by atoms with Crippen LogP contribution in [0.15, 0.2) is 29.3 Å². The average molecular weight is 260 g/mol. The van der Waals surface area contributed by atoms with Gasteiger partial charge in [0, 0.05) is 26.2 Å². The lowest BCUT2D eigenvalue weighted by molar-refractivity contribution is 0.402. The molecule has 0 aromatic heterocycles. The van der Waals surface area contributed by atoms with Crippen molar-refractivity contribution < 1.29 is 0 Å². The minimum absolute atomic E-state index is 0.633. The normalized spacial score (nSPS) is 15.7. The number of guanidine groups is 1. The molecule has 0 amide bonds. The molecule has 0 saturated heterocycles. The summed E-state index contributed by atoms with van der Waals surface area (Å²) in [5.41, 5.74) is 2.62. The van der Waals surface area contributed by atoms with Gasteiger partial charge in [-0.25, -0.2) is 0 Å². The minimum atomic E-state index is 0.633. The summed E-state index contributed by atoms with van der Waals surface area (Å²) in [5.74, 6) is 0.903. The van der Waals surface area contributed by atoms with E-state index in [2.05, 4.69) is 58.9 Å². The van der Waals surface area contributed by atoms with E-state index < -0.39 is 0 Å². The highest BCUT2D eigenvalue weighted by Crippen LogP contribution is 2.18. The van der Waals surface area contributed by atoms with Gasteiger partial charge in [0.25, 0.3) is 0 Å². The highest BCUT2D eigenvalue weighted by Gasteiger charge is 2.21. The van der Waals surface area contributed by atoms with Crippen molar-refractivity contribution in [3.8, 4) is 0 Å². The fourth-order valence-corrected chi connectivity index (χ4v) is 1.93. The molecule has 0 unspecified atom stereocenters. The number of hydrogen-bond acceptors (Lipinski definition) is 2. The van der Waals surface area contributed by atoms with Gasteiger partial charge in [-0.3, -0.25) is 4.99 Å². The SMILES string of the molecule is CN=C(NCc1ccc(CN(C)C)cc1)NC1CC1. The third kappa shape index (κ3) is 4.91. The largest absolute Gasteiger partial charge is 0.354 e. The molecule has 1 aromatic carbocycles. The van der Waals surface area contributed by atoms with Gasteiger partial charge in [0.05, 0.1) is 0 Å². The number of hydrogen-bond donors (Lipinski definition) is 2. The van der Waals surface area contributed by atoms with Gasteiger partial charge in [-0.05, 0) is 38.1 Å². The fraction of sp³-hybridized carbons (Fsp3) is 0.533. The Labute approximate surface area is 115 Å². The first-order chi connectivity index (χ1) is 9.17. The second-order valence-electron chi connectivity index (χ2n) is 5.40. The minimum Gasteiger partial charge on any atom is -0.354 e. The number of nitrogens with zero attached hydrogens (tertiary/aromatic N) is 2. The Morgan fingerprint density at radius 2 is 1.84 bits per heavy atom. The van der Waals surface area contributed by atoms with Crippen molar-refractivity contribution in [1.82, 2.24) is 15.5 Å². The molecule has 4 nitrogen and oxygen atoms in total. The molecule has 2 N–H and O–H groups in total. The van der Waals surface area contributed by atoms with Crippen LogP contribution >= 0.6 is 0 Å². The quantitative estimate of drug-likeness (QED) is 0.624. The molecule has 1 aliphatic carbocycles. The van der Waals surface area contributed by atoms with Crippen LogP contribution in [0.25, 0.3) is 0 Å². The molecule has 2 rings (SSSR count). The van der Waals surface area contributed by atoms with Crippen LogP contribution in [0.1, 0.15) is 24.0 Å². The highest BCUT2D eigenvalue weighted by atomic mass is 15.2. The van der Waals surface area contributed by atoms with Gasteiger partial charge in [-0.1, -0.05) is 24.3 Å². The van der Waals surface area contributed by atoms with Gasteiger partial charge in [0.1, 0.15) is 0 Å². The van der Waals surface area contributed by atoms with Gasteiger partial charge < -0.3 is 15.5 Å². The van der Waals surface area contributed by atoms with Crippen LogP contribution in [0.4, 0.5) is 0 Å². The molecule has 1 aliphatic rings. The van der Waals surface area contributed by atoms with Crippen molar-refractivity contribution in [1.29, 1.82) is 0 Å². The second kappa shape index (κ2) is 6.57. The number of nitrogens with one attached hydrogen (secondary N) is 2. The molecule has 0 radical (unpaired) electrons. The molecule has 0 heterocycles. The third-order valence-electron chi connectivity index (χ3n) is 3.12. The van der Waals surface area contributed by atoms with Crippen LogP contribution in [0.3, 0.4) is 0 Å². The Morgan fingerprint density at radius 1 is 1.21 bits per heavy atom. The zero-order valence-electron chi connectivity index (χ0n) is 12.1. The number of rotatable bonds is 5. The molecular weight excluding hydrogens is 236 g/mol. The van der Waals surface area contributed by atoms with Crippen molar-refractivity contribution in [2.24, 2.45) is 4.99 Å². The zero-order chi connectivity index (χ0) is 13.7. The van der Waals surface area contributed by atoms with E-state index >= 15 is 0 Å². The first-order valence-corrected chi connectivity index (χ1v) is 6.87. The third-order valence-corrected chi connectivity index (χ3v) is 3.12. The summed E-state index contributed by atoms with van der Waals surface area (Å²) in [7, 11) is 5.99. The zero-order valence-corrected chi connectivity index (χ0v) is 12.1.